The van der Waals surface area contributed by atoms with Crippen molar-refractivity contribution in [3.8, 4) is 11.8 Å². The molecule has 4 rings (SSSR count). The summed E-state index contributed by atoms with van der Waals surface area (Å²) in [6, 6.07) is 20.5. The molecule has 4 aromatic rings. The number of nitrogens with one attached hydrogen (secondary N) is 2. The molecule has 0 saturated heterocycles. The molecule has 0 spiro atoms. The maximum Gasteiger partial charge on any atom is 0.258 e. The van der Waals surface area contributed by atoms with Crippen LogP contribution in [0.1, 0.15) is 17.1 Å². The number of furan rings is 1. The summed E-state index contributed by atoms with van der Waals surface area (Å²) in [5.41, 5.74) is 2.93. The van der Waals surface area contributed by atoms with E-state index in [1.54, 1.807) is 36.6 Å². The first-order valence-corrected chi connectivity index (χ1v) is 9.30. The van der Waals surface area contributed by atoms with Gasteiger partial charge >= 0.3 is 0 Å². The van der Waals surface area contributed by atoms with E-state index in [0.717, 1.165) is 16.6 Å². The Hall–Kier alpha value is -4.31. The fraction of sp³-hybridized carbons (Fsp3) is 0.0870. The van der Waals surface area contributed by atoms with Crippen LogP contribution in [-0.2, 0) is 11.3 Å². The van der Waals surface area contributed by atoms with Crippen molar-refractivity contribution in [2.45, 2.75) is 6.54 Å². The van der Waals surface area contributed by atoms with Crippen molar-refractivity contribution >= 4 is 28.6 Å². The van der Waals surface area contributed by atoms with Crippen LogP contribution in [0, 0.1) is 11.3 Å². The molecule has 2 heterocycles. The molecule has 0 bridgehead atoms. The molecule has 0 radical (unpaired) electrons. The Labute approximate surface area is 172 Å². The van der Waals surface area contributed by atoms with Gasteiger partial charge in [0.25, 0.3) is 5.91 Å². The minimum atomic E-state index is -0.243. The number of carbonyl (C=O) groups excluding carboxylic acids is 1. The van der Waals surface area contributed by atoms with Gasteiger partial charge in [-0.2, -0.15) is 5.26 Å². The molecule has 7 nitrogen and oxygen atoms in total. The van der Waals surface area contributed by atoms with Crippen LogP contribution in [-0.4, -0.2) is 22.5 Å². The maximum atomic E-state index is 11.9. The number of ether oxygens (including phenoxy) is 1. The van der Waals surface area contributed by atoms with Crippen molar-refractivity contribution in [3.05, 3.63) is 84.1 Å². The Morgan fingerprint density at radius 2 is 2.00 bits per heavy atom. The SMILES string of the molecule is N#C/C(=C\c1ccc(OCC(=O)NCc2ccco2)cc1)c1nc2ccccc2[nH]1. The van der Waals surface area contributed by atoms with Crippen molar-refractivity contribution in [1.29, 1.82) is 5.26 Å². The third kappa shape index (κ3) is 4.56. The molecule has 2 aromatic heterocycles. The number of hydrogen-bond donors (Lipinski definition) is 2. The number of para-hydroxylation sites is 2. The van der Waals surface area contributed by atoms with Gasteiger partial charge in [-0.15, -0.1) is 0 Å². The Kier molecular flexibility index (Phi) is 5.58. The summed E-state index contributed by atoms with van der Waals surface area (Å²) in [5, 5.41) is 12.2. The second-order valence-corrected chi connectivity index (χ2v) is 6.49. The van der Waals surface area contributed by atoms with E-state index in [2.05, 4.69) is 21.4 Å². The molecule has 7 heteroatoms. The molecular weight excluding hydrogens is 380 g/mol. The van der Waals surface area contributed by atoms with Gasteiger partial charge in [0.15, 0.2) is 6.61 Å². The number of amides is 1. The van der Waals surface area contributed by atoms with E-state index in [-0.39, 0.29) is 12.5 Å². The Morgan fingerprint density at radius 1 is 1.17 bits per heavy atom. The topological polar surface area (TPSA) is 104 Å². The van der Waals surface area contributed by atoms with Crippen molar-refractivity contribution in [3.63, 3.8) is 0 Å². The van der Waals surface area contributed by atoms with E-state index in [1.165, 1.54) is 0 Å². The van der Waals surface area contributed by atoms with Crippen LogP contribution in [0.25, 0.3) is 22.7 Å². The molecule has 1 amide bonds. The lowest BCUT2D eigenvalue weighted by atomic mass is 10.1. The molecule has 148 valence electrons. The van der Waals surface area contributed by atoms with E-state index in [0.29, 0.717) is 29.5 Å². The van der Waals surface area contributed by atoms with E-state index in [1.807, 2.05) is 36.4 Å². The lowest BCUT2D eigenvalue weighted by Crippen LogP contribution is -2.28. The predicted molar refractivity (Wildman–Crippen MR) is 112 cm³/mol. The van der Waals surface area contributed by atoms with E-state index < -0.39 is 0 Å². The number of fused-ring (bicyclic) bond motifs is 1. The fourth-order valence-corrected chi connectivity index (χ4v) is 2.86. The average molecular weight is 398 g/mol. The highest BCUT2D eigenvalue weighted by molar-refractivity contribution is 5.90. The Bertz CT molecular complexity index is 1180. The zero-order valence-electron chi connectivity index (χ0n) is 16.0. The zero-order valence-corrected chi connectivity index (χ0v) is 16.0. The number of nitrogens with zero attached hydrogens (tertiary/aromatic N) is 2. The van der Waals surface area contributed by atoms with Crippen molar-refractivity contribution in [2.75, 3.05) is 6.61 Å². The second kappa shape index (κ2) is 8.80. The molecule has 0 aliphatic heterocycles. The predicted octanol–water partition coefficient (Wildman–Crippen LogP) is 3.92. The number of aromatic nitrogens is 2. The molecule has 0 saturated carbocycles. The highest BCUT2D eigenvalue weighted by Crippen LogP contribution is 2.20. The van der Waals surface area contributed by atoms with Gasteiger partial charge in [0.05, 0.1) is 29.4 Å². The van der Waals surface area contributed by atoms with Crippen LogP contribution in [0.5, 0.6) is 5.75 Å². The van der Waals surface area contributed by atoms with Gasteiger partial charge < -0.3 is 19.5 Å². The fourth-order valence-electron chi connectivity index (χ4n) is 2.86. The second-order valence-electron chi connectivity index (χ2n) is 6.49. The van der Waals surface area contributed by atoms with E-state index >= 15 is 0 Å². The highest BCUT2D eigenvalue weighted by atomic mass is 16.5. The van der Waals surface area contributed by atoms with Gasteiger partial charge in [-0.05, 0) is 48.0 Å². The first-order chi connectivity index (χ1) is 14.7. The van der Waals surface area contributed by atoms with Gasteiger partial charge in [0.2, 0.25) is 0 Å². The van der Waals surface area contributed by atoms with Crippen LogP contribution in [0.15, 0.2) is 71.3 Å². The zero-order chi connectivity index (χ0) is 20.8. The van der Waals surface area contributed by atoms with Crippen LogP contribution in [0.3, 0.4) is 0 Å². The molecule has 0 unspecified atom stereocenters. The van der Waals surface area contributed by atoms with Gasteiger partial charge in [0, 0.05) is 0 Å². The van der Waals surface area contributed by atoms with Crippen LogP contribution in [0.2, 0.25) is 0 Å². The van der Waals surface area contributed by atoms with Crippen LogP contribution < -0.4 is 10.1 Å². The summed E-state index contributed by atoms with van der Waals surface area (Å²) in [6.07, 6.45) is 3.30. The summed E-state index contributed by atoms with van der Waals surface area (Å²) in [6.45, 7) is 0.218. The first-order valence-electron chi connectivity index (χ1n) is 9.30. The lowest BCUT2D eigenvalue weighted by molar-refractivity contribution is -0.123. The van der Waals surface area contributed by atoms with E-state index in [9.17, 15) is 10.1 Å². The Balaban J connectivity index is 1.37. The van der Waals surface area contributed by atoms with Crippen molar-refractivity contribution in [1.82, 2.24) is 15.3 Å². The number of aromatic amines is 1. The number of nitriles is 1. The molecule has 0 aliphatic rings. The summed E-state index contributed by atoms with van der Waals surface area (Å²) in [5.74, 6) is 1.51. The number of carbonyl (C=O) groups is 1. The molecule has 0 fully saturated rings. The minimum Gasteiger partial charge on any atom is -0.484 e. The number of allylic oxidation sites excluding steroid dienone is 1. The third-order valence-electron chi connectivity index (χ3n) is 4.37. The van der Waals surface area contributed by atoms with Gasteiger partial charge in [-0.25, -0.2) is 4.98 Å². The lowest BCUT2D eigenvalue weighted by Gasteiger charge is -2.07. The largest absolute Gasteiger partial charge is 0.484 e. The smallest absolute Gasteiger partial charge is 0.258 e. The quantitative estimate of drug-likeness (QED) is 0.459. The normalized spacial score (nSPS) is 11.2. The number of rotatable bonds is 7. The number of H-pyrrole nitrogens is 1. The third-order valence-corrected chi connectivity index (χ3v) is 4.37. The molecule has 0 aliphatic carbocycles. The number of imidazole rings is 1. The molecule has 30 heavy (non-hydrogen) atoms. The standard InChI is InChI=1S/C23H18N4O3/c24-13-17(23-26-20-5-1-2-6-21(20)27-23)12-16-7-9-18(10-8-16)30-15-22(28)25-14-19-4-3-11-29-19/h1-12H,14-15H2,(H,25,28)(H,26,27)/b17-12+. The van der Waals surface area contributed by atoms with Crippen LogP contribution >= 0.6 is 0 Å². The Morgan fingerprint density at radius 3 is 2.73 bits per heavy atom. The van der Waals surface area contributed by atoms with Gasteiger partial charge in [0.1, 0.15) is 23.4 Å². The summed E-state index contributed by atoms with van der Waals surface area (Å²) < 4.78 is 10.7. The summed E-state index contributed by atoms with van der Waals surface area (Å²) >= 11 is 0. The van der Waals surface area contributed by atoms with Gasteiger partial charge in [-0.1, -0.05) is 24.3 Å². The molecular formula is C23H18N4O3. The maximum absolute atomic E-state index is 11.9. The van der Waals surface area contributed by atoms with Crippen LogP contribution in [0.4, 0.5) is 0 Å². The number of benzene rings is 2. The van der Waals surface area contributed by atoms with Gasteiger partial charge in [-0.3, -0.25) is 4.79 Å². The summed E-state index contributed by atoms with van der Waals surface area (Å²) in [4.78, 5) is 19.5. The van der Waals surface area contributed by atoms with Crippen molar-refractivity contribution < 1.29 is 13.9 Å². The first kappa shape index (κ1) is 19.0. The monoisotopic (exact) mass is 398 g/mol. The van der Waals surface area contributed by atoms with Crippen molar-refractivity contribution in [2.24, 2.45) is 0 Å². The van der Waals surface area contributed by atoms with E-state index in [4.69, 9.17) is 9.15 Å². The summed E-state index contributed by atoms with van der Waals surface area (Å²) in [7, 11) is 0. The number of hydrogen-bond acceptors (Lipinski definition) is 5. The molecule has 2 N–H and O–H groups in total. The molecule has 2 aromatic carbocycles. The average Bonchev–Trinajstić information content (AvgIpc) is 3.45. The highest BCUT2D eigenvalue weighted by Gasteiger charge is 2.08. The molecule has 0 atom stereocenters. The minimum absolute atomic E-state index is 0.0989.